The first-order valence-corrected chi connectivity index (χ1v) is 7.08. The Morgan fingerprint density at radius 1 is 1.44 bits per heavy atom. The van der Waals surface area contributed by atoms with Crippen molar-refractivity contribution in [2.75, 3.05) is 5.32 Å². The van der Waals surface area contributed by atoms with Gasteiger partial charge in [-0.2, -0.15) is 5.26 Å². The van der Waals surface area contributed by atoms with Gasteiger partial charge in [0.2, 0.25) is 0 Å². The van der Waals surface area contributed by atoms with Gasteiger partial charge < -0.3 is 5.32 Å². The van der Waals surface area contributed by atoms with Gasteiger partial charge in [-0.25, -0.2) is 4.98 Å². The van der Waals surface area contributed by atoms with Gasteiger partial charge in [-0.3, -0.25) is 0 Å². The molecule has 1 N–H and O–H groups in total. The SMILES string of the molecule is CC(C)(Nc1cc(Br)ccc1C#N)c1nccs1. The highest BCUT2D eigenvalue weighted by molar-refractivity contribution is 9.10. The minimum atomic E-state index is -0.305. The molecule has 0 fully saturated rings. The van der Waals surface area contributed by atoms with Crippen molar-refractivity contribution in [1.82, 2.24) is 4.98 Å². The number of anilines is 1. The summed E-state index contributed by atoms with van der Waals surface area (Å²) in [7, 11) is 0. The summed E-state index contributed by atoms with van der Waals surface area (Å²) in [4.78, 5) is 4.32. The molecule has 0 saturated heterocycles. The highest BCUT2D eigenvalue weighted by Crippen LogP contribution is 2.30. The van der Waals surface area contributed by atoms with Crippen molar-refractivity contribution in [3.05, 3.63) is 44.8 Å². The van der Waals surface area contributed by atoms with E-state index in [1.807, 2.05) is 31.4 Å². The maximum Gasteiger partial charge on any atom is 0.117 e. The Morgan fingerprint density at radius 3 is 2.83 bits per heavy atom. The molecule has 0 aliphatic rings. The minimum absolute atomic E-state index is 0.305. The van der Waals surface area contributed by atoms with Gasteiger partial charge in [-0.1, -0.05) is 15.9 Å². The van der Waals surface area contributed by atoms with Crippen molar-refractivity contribution in [3.8, 4) is 6.07 Å². The highest BCUT2D eigenvalue weighted by Gasteiger charge is 2.24. The van der Waals surface area contributed by atoms with Crippen molar-refractivity contribution in [2.24, 2.45) is 0 Å². The lowest BCUT2D eigenvalue weighted by molar-refractivity contribution is 0.604. The maximum absolute atomic E-state index is 9.12. The van der Waals surface area contributed by atoms with E-state index in [1.165, 1.54) is 0 Å². The Bertz CT molecular complexity index is 585. The van der Waals surface area contributed by atoms with Gasteiger partial charge in [-0.05, 0) is 32.0 Å². The van der Waals surface area contributed by atoms with Crippen molar-refractivity contribution in [2.45, 2.75) is 19.4 Å². The molecule has 2 rings (SSSR count). The van der Waals surface area contributed by atoms with Gasteiger partial charge in [0.25, 0.3) is 0 Å². The summed E-state index contributed by atoms with van der Waals surface area (Å²) >= 11 is 5.02. The van der Waals surface area contributed by atoms with E-state index < -0.39 is 0 Å². The number of benzene rings is 1. The number of halogens is 1. The van der Waals surface area contributed by atoms with Crippen LogP contribution in [0.5, 0.6) is 0 Å². The number of rotatable bonds is 3. The fourth-order valence-corrected chi connectivity index (χ4v) is 2.72. The van der Waals surface area contributed by atoms with Crippen LogP contribution >= 0.6 is 27.3 Å². The summed E-state index contributed by atoms with van der Waals surface area (Å²) in [5.74, 6) is 0. The van der Waals surface area contributed by atoms with Crippen LogP contribution in [0, 0.1) is 11.3 Å². The van der Waals surface area contributed by atoms with E-state index in [4.69, 9.17) is 5.26 Å². The van der Waals surface area contributed by atoms with Crippen LogP contribution in [0.15, 0.2) is 34.2 Å². The molecule has 0 amide bonds. The van der Waals surface area contributed by atoms with Crippen LogP contribution in [0.3, 0.4) is 0 Å². The number of hydrogen-bond donors (Lipinski definition) is 1. The first-order chi connectivity index (χ1) is 8.53. The van der Waals surface area contributed by atoms with Gasteiger partial charge in [0.05, 0.1) is 16.8 Å². The van der Waals surface area contributed by atoms with E-state index in [0.29, 0.717) is 5.56 Å². The lowest BCUT2D eigenvalue weighted by atomic mass is 10.0. The van der Waals surface area contributed by atoms with Crippen molar-refractivity contribution < 1.29 is 0 Å². The van der Waals surface area contributed by atoms with Gasteiger partial charge >= 0.3 is 0 Å². The Labute approximate surface area is 119 Å². The summed E-state index contributed by atoms with van der Waals surface area (Å²) in [6, 6.07) is 7.76. The zero-order valence-corrected chi connectivity index (χ0v) is 12.5. The second-order valence-electron chi connectivity index (χ2n) is 4.39. The van der Waals surface area contributed by atoms with E-state index in [-0.39, 0.29) is 5.54 Å². The smallest absolute Gasteiger partial charge is 0.117 e. The molecule has 5 heteroatoms. The van der Waals surface area contributed by atoms with Crippen LogP contribution in [-0.4, -0.2) is 4.98 Å². The average molecular weight is 322 g/mol. The van der Waals surface area contributed by atoms with Crippen molar-refractivity contribution in [1.29, 1.82) is 5.26 Å². The molecule has 2 aromatic rings. The fourth-order valence-electron chi connectivity index (χ4n) is 1.64. The van der Waals surface area contributed by atoms with Crippen LogP contribution in [0.25, 0.3) is 0 Å². The second-order valence-corrected chi connectivity index (χ2v) is 6.20. The number of nitriles is 1. The van der Waals surface area contributed by atoms with Crippen LogP contribution < -0.4 is 5.32 Å². The molecule has 92 valence electrons. The molecule has 0 saturated carbocycles. The number of aromatic nitrogens is 1. The van der Waals surface area contributed by atoms with Crippen LogP contribution in [0.1, 0.15) is 24.4 Å². The van der Waals surface area contributed by atoms with Gasteiger partial charge in [0.15, 0.2) is 0 Å². The molecule has 1 aromatic heterocycles. The molecule has 3 nitrogen and oxygen atoms in total. The Kier molecular flexibility index (Phi) is 3.69. The van der Waals surface area contributed by atoms with E-state index in [0.717, 1.165) is 15.2 Å². The minimum Gasteiger partial charge on any atom is -0.373 e. The molecule has 18 heavy (non-hydrogen) atoms. The van der Waals surface area contributed by atoms with E-state index in [1.54, 1.807) is 23.6 Å². The summed E-state index contributed by atoms with van der Waals surface area (Å²) in [6.45, 7) is 4.10. The molecule has 0 unspecified atom stereocenters. The molecular weight excluding hydrogens is 310 g/mol. The molecule has 0 spiro atoms. The highest BCUT2D eigenvalue weighted by atomic mass is 79.9. The Balaban J connectivity index is 2.35. The van der Waals surface area contributed by atoms with E-state index >= 15 is 0 Å². The van der Waals surface area contributed by atoms with Crippen LogP contribution in [0.4, 0.5) is 5.69 Å². The molecular formula is C13H12BrN3S. The normalized spacial score (nSPS) is 11.0. The van der Waals surface area contributed by atoms with E-state index in [2.05, 4.69) is 32.3 Å². The standard InChI is InChI=1S/C13H12BrN3S/c1-13(2,12-16-5-6-18-12)17-11-7-10(14)4-3-9(11)8-15/h3-7,17H,1-2H3. The Morgan fingerprint density at radius 2 is 2.22 bits per heavy atom. The first-order valence-electron chi connectivity index (χ1n) is 5.41. The maximum atomic E-state index is 9.12. The predicted octanol–water partition coefficient (Wildman–Crippen LogP) is 4.12. The monoisotopic (exact) mass is 321 g/mol. The summed E-state index contributed by atoms with van der Waals surface area (Å²) in [6.07, 6.45) is 1.79. The summed E-state index contributed by atoms with van der Waals surface area (Å²) in [5.41, 5.74) is 1.13. The average Bonchev–Trinajstić information content (AvgIpc) is 2.83. The Hall–Kier alpha value is -1.38. The molecule has 0 aliphatic carbocycles. The second kappa shape index (κ2) is 5.09. The molecule has 0 atom stereocenters. The lowest BCUT2D eigenvalue weighted by Crippen LogP contribution is -2.28. The molecule has 0 radical (unpaired) electrons. The number of hydrogen-bond acceptors (Lipinski definition) is 4. The van der Waals surface area contributed by atoms with E-state index in [9.17, 15) is 0 Å². The van der Waals surface area contributed by atoms with Crippen molar-refractivity contribution in [3.63, 3.8) is 0 Å². The quantitative estimate of drug-likeness (QED) is 0.924. The van der Waals surface area contributed by atoms with Crippen LogP contribution in [-0.2, 0) is 5.54 Å². The largest absolute Gasteiger partial charge is 0.373 e. The lowest BCUT2D eigenvalue weighted by Gasteiger charge is -2.25. The summed E-state index contributed by atoms with van der Waals surface area (Å²) in [5, 5.41) is 15.4. The number of nitrogens with zero attached hydrogens (tertiary/aromatic N) is 2. The first kappa shape index (κ1) is 13.1. The van der Waals surface area contributed by atoms with Gasteiger partial charge in [0.1, 0.15) is 11.1 Å². The molecule has 0 bridgehead atoms. The third kappa shape index (κ3) is 2.71. The fraction of sp³-hybridized carbons (Fsp3) is 0.231. The topological polar surface area (TPSA) is 48.7 Å². The predicted molar refractivity (Wildman–Crippen MR) is 77.6 cm³/mol. The molecule has 0 aliphatic heterocycles. The van der Waals surface area contributed by atoms with Gasteiger partial charge in [0, 0.05) is 16.0 Å². The number of nitrogens with one attached hydrogen (secondary N) is 1. The van der Waals surface area contributed by atoms with Crippen molar-refractivity contribution >= 4 is 33.0 Å². The molecule has 1 aromatic carbocycles. The number of thiazole rings is 1. The zero-order chi connectivity index (χ0) is 13.2. The third-order valence-corrected chi connectivity index (χ3v) is 4.11. The zero-order valence-electron chi connectivity index (χ0n) is 10.1. The van der Waals surface area contributed by atoms with Gasteiger partial charge in [-0.15, -0.1) is 11.3 Å². The third-order valence-electron chi connectivity index (χ3n) is 2.52. The van der Waals surface area contributed by atoms with Crippen LogP contribution in [0.2, 0.25) is 0 Å². The summed E-state index contributed by atoms with van der Waals surface area (Å²) < 4.78 is 0.943. The molecule has 1 heterocycles.